The standard InChI is InChI=1S/C10H11ClN4O.C2H6/c11-9-7-8(14-3-5-16-6-4-14)10-12-1-2-15(10)13-9;1-2/h1-2,7H,3-6H2;1-2H3. The lowest BCUT2D eigenvalue weighted by molar-refractivity contribution is 0.123. The van der Waals surface area contributed by atoms with Gasteiger partial charge in [0.2, 0.25) is 0 Å². The first-order valence-electron chi connectivity index (χ1n) is 6.17. The zero-order chi connectivity index (χ0) is 13.0. The van der Waals surface area contributed by atoms with Crippen molar-refractivity contribution in [1.29, 1.82) is 0 Å². The molecule has 3 rings (SSSR count). The van der Waals surface area contributed by atoms with Gasteiger partial charge in [0.05, 0.1) is 18.9 Å². The minimum atomic E-state index is 0.479. The van der Waals surface area contributed by atoms with Crippen molar-refractivity contribution in [3.8, 4) is 0 Å². The second-order valence-corrected chi connectivity index (χ2v) is 4.03. The summed E-state index contributed by atoms with van der Waals surface area (Å²) in [7, 11) is 0. The molecule has 3 heterocycles. The molecule has 0 aliphatic carbocycles. The fourth-order valence-electron chi connectivity index (χ4n) is 1.91. The highest BCUT2D eigenvalue weighted by atomic mass is 35.5. The average molecular weight is 269 g/mol. The van der Waals surface area contributed by atoms with Crippen LogP contribution in [0.3, 0.4) is 0 Å². The van der Waals surface area contributed by atoms with E-state index < -0.39 is 0 Å². The van der Waals surface area contributed by atoms with Crippen molar-refractivity contribution in [2.75, 3.05) is 31.2 Å². The van der Waals surface area contributed by atoms with Crippen molar-refractivity contribution in [2.45, 2.75) is 13.8 Å². The molecule has 1 fully saturated rings. The monoisotopic (exact) mass is 268 g/mol. The average Bonchev–Trinajstić information content (AvgIpc) is 2.89. The number of aromatic nitrogens is 3. The molecule has 1 aliphatic heterocycles. The number of anilines is 1. The van der Waals surface area contributed by atoms with Crippen LogP contribution in [0.1, 0.15) is 13.8 Å². The predicted molar refractivity (Wildman–Crippen MR) is 72.4 cm³/mol. The number of hydrogen-bond donors (Lipinski definition) is 0. The Morgan fingerprint density at radius 3 is 2.72 bits per heavy atom. The number of hydrogen-bond acceptors (Lipinski definition) is 4. The second kappa shape index (κ2) is 6.02. The van der Waals surface area contributed by atoms with E-state index in [1.807, 2.05) is 19.9 Å². The Balaban J connectivity index is 0.000000574. The number of halogens is 1. The largest absolute Gasteiger partial charge is 0.378 e. The molecule has 1 saturated heterocycles. The topological polar surface area (TPSA) is 42.7 Å². The van der Waals surface area contributed by atoms with E-state index in [0.29, 0.717) is 5.15 Å². The molecule has 0 saturated carbocycles. The Bertz CT molecular complexity index is 508. The number of nitrogens with zero attached hydrogens (tertiary/aromatic N) is 4. The van der Waals surface area contributed by atoms with Crippen molar-refractivity contribution in [1.82, 2.24) is 14.6 Å². The molecule has 2 aromatic heterocycles. The highest BCUT2D eigenvalue weighted by Gasteiger charge is 2.16. The van der Waals surface area contributed by atoms with Crippen molar-refractivity contribution >= 4 is 22.9 Å². The first-order valence-corrected chi connectivity index (χ1v) is 6.55. The van der Waals surface area contributed by atoms with E-state index in [1.54, 1.807) is 16.9 Å². The Morgan fingerprint density at radius 2 is 2.00 bits per heavy atom. The summed E-state index contributed by atoms with van der Waals surface area (Å²) in [6.45, 7) is 7.21. The molecule has 0 bridgehead atoms. The maximum absolute atomic E-state index is 5.98. The lowest BCUT2D eigenvalue weighted by atomic mass is 10.3. The van der Waals surface area contributed by atoms with Gasteiger partial charge >= 0.3 is 0 Å². The zero-order valence-corrected chi connectivity index (χ0v) is 11.4. The number of rotatable bonds is 1. The first kappa shape index (κ1) is 13.1. The Labute approximate surface area is 111 Å². The summed E-state index contributed by atoms with van der Waals surface area (Å²) in [5.41, 5.74) is 1.86. The van der Waals surface area contributed by atoms with Crippen LogP contribution in [0.2, 0.25) is 5.15 Å². The van der Waals surface area contributed by atoms with Crippen LogP contribution in [-0.4, -0.2) is 40.9 Å². The van der Waals surface area contributed by atoms with Gasteiger partial charge in [-0.15, -0.1) is 0 Å². The summed E-state index contributed by atoms with van der Waals surface area (Å²) >= 11 is 5.98. The van der Waals surface area contributed by atoms with Gasteiger partial charge in [0, 0.05) is 31.5 Å². The lowest BCUT2D eigenvalue weighted by Crippen LogP contribution is -2.36. The third-order valence-electron chi connectivity index (χ3n) is 2.66. The second-order valence-electron chi connectivity index (χ2n) is 3.65. The van der Waals surface area contributed by atoms with E-state index in [9.17, 15) is 0 Å². The molecule has 18 heavy (non-hydrogen) atoms. The van der Waals surface area contributed by atoms with E-state index in [4.69, 9.17) is 16.3 Å². The van der Waals surface area contributed by atoms with Crippen molar-refractivity contribution in [3.05, 3.63) is 23.6 Å². The van der Waals surface area contributed by atoms with Crippen LogP contribution in [0.15, 0.2) is 18.5 Å². The number of ether oxygens (including phenoxy) is 1. The van der Waals surface area contributed by atoms with Gasteiger partial charge in [-0.1, -0.05) is 25.4 Å². The molecule has 1 aliphatic rings. The van der Waals surface area contributed by atoms with Crippen LogP contribution in [-0.2, 0) is 4.74 Å². The van der Waals surface area contributed by atoms with Crippen LogP contribution < -0.4 is 4.90 Å². The molecule has 98 valence electrons. The molecule has 0 radical (unpaired) electrons. The minimum absolute atomic E-state index is 0.479. The summed E-state index contributed by atoms with van der Waals surface area (Å²) in [5.74, 6) is 0. The van der Waals surface area contributed by atoms with E-state index in [2.05, 4.69) is 15.0 Å². The van der Waals surface area contributed by atoms with Gasteiger partial charge in [0.1, 0.15) is 0 Å². The number of morpholine rings is 1. The summed E-state index contributed by atoms with van der Waals surface area (Å²) in [6.07, 6.45) is 3.52. The fraction of sp³-hybridized carbons (Fsp3) is 0.500. The summed E-state index contributed by atoms with van der Waals surface area (Å²) in [6, 6.07) is 1.86. The van der Waals surface area contributed by atoms with Gasteiger partial charge in [-0.3, -0.25) is 0 Å². The van der Waals surface area contributed by atoms with Crippen LogP contribution in [0.5, 0.6) is 0 Å². The maximum atomic E-state index is 5.98. The fourth-order valence-corrected chi connectivity index (χ4v) is 2.09. The third-order valence-corrected chi connectivity index (χ3v) is 2.85. The van der Waals surface area contributed by atoms with Gasteiger partial charge in [0.25, 0.3) is 0 Å². The van der Waals surface area contributed by atoms with Crippen molar-refractivity contribution in [3.63, 3.8) is 0 Å². The van der Waals surface area contributed by atoms with E-state index in [1.165, 1.54) is 0 Å². The maximum Gasteiger partial charge on any atom is 0.177 e. The summed E-state index contributed by atoms with van der Waals surface area (Å²) < 4.78 is 7.03. The molecule has 0 aromatic carbocycles. The third kappa shape index (κ3) is 2.57. The van der Waals surface area contributed by atoms with Crippen LogP contribution in [0.4, 0.5) is 5.69 Å². The van der Waals surface area contributed by atoms with Gasteiger partial charge in [-0.05, 0) is 0 Å². The van der Waals surface area contributed by atoms with Crippen LogP contribution >= 0.6 is 11.6 Å². The molecular weight excluding hydrogens is 252 g/mol. The van der Waals surface area contributed by atoms with Crippen LogP contribution in [0, 0.1) is 0 Å². The minimum Gasteiger partial charge on any atom is -0.378 e. The van der Waals surface area contributed by atoms with E-state index >= 15 is 0 Å². The highest BCUT2D eigenvalue weighted by Crippen LogP contribution is 2.23. The summed E-state index contributed by atoms with van der Waals surface area (Å²) in [4.78, 5) is 6.52. The molecule has 0 amide bonds. The van der Waals surface area contributed by atoms with Gasteiger partial charge < -0.3 is 9.64 Å². The molecule has 0 atom stereocenters. The van der Waals surface area contributed by atoms with Gasteiger partial charge in [-0.2, -0.15) is 5.10 Å². The molecule has 2 aromatic rings. The van der Waals surface area contributed by atoms with Gasteiger partial charge in [0.15, 0.2) is 10.8 Å². The zero-order valence-electron chi connectivity index (χ0n) is 10.6. The number of fused-ring (bicyclic) bond motifs is 1. The molecule has 5 nitrogen and oxygen atoms in total. The van der Waals surface area contributed by atoms with Crippen molar-refractivity contribution < 1.29 is 4.74 Å². The SMILES string of the molecule is CC.Clc1cc(N2CCOCC2)c2nccn2n1. The molecule has 6 heteroatoms. The van der Waals surface area contributed by atoms with E-state index in [0.717, 1.165) is 37.6 Å². The van der Waals surface area contributed by atoms with E-state index in [-0.39, 0.29) is 0 Å². The molecule has 0 N–H and O–H groups in total. The molecule has 0 spiro atoms. The number of imidazole rings is 1. The summed E-state index contributed by atoms with van der Waals surface area (Å²) in [5, 5.41) is 4.63. The normalized spacial score (nSPS) is 15.4. The first-order chi connectivity index (χ1) is 8.84. The molecule has 0 unspecified atom stereocenters. The Hall–Kier alpha value is -1.33. The smallest absolute Gasteiger partial charge is 0.177 e. The Morgan fingerprint density at radius 1 is 1.28 bits per heavy atom. The predicted octanol–water partition coefficient (Wildman–Crippen LogP) is 2.25. The quantitative estimate of drug-likeness (QED) is 0.796. The Kier molecular flexibility index (Phi) is 4.38. The van der Waals surface area contributed by atoms with Gasteiger partial charge in [-0.25, -0.2) is 9.50 Å². The highest BCUT2D eigenvalue weighted by molar-refractivity contribution is 6.29. The lowest BCUT2D eigenvalue weighted by Gasteiger charge is -2.28. The molecular formula is C12H17ClN4O. The van der Waals surface area contributed by atoms with Crippen molar-refractivity contribution in [2.24, 2.45) is 0 Å². The van der Waals surface area contributed by atoms with Crippen LogP contribution in [0.25, 0.3) is 5.65 Å².